The Morgan fingerprint density at radius 2 is 1.45 bits per heavy atom. The molecule has 0 saturated carbocycles. The molecule has 2 nitrogen and oxygen atoms in total. The van der Waals surface area contributed by atoms with Gasteiger partial charge in [0.25, 0.3) is 0 Å². The third kappa shape index (κ3) is 9.33. The Balaban J connectivity index is -0.000000252. The van der Waals surface area contributed by atoms with Crippen LogP contribution in [0, 0.1) is 40.7 Å². The topological polar surface area (TPSA) is 25.8 Å². The summed E-state index contributed by atoms with van der Waals surface area (Å²) in [7, 11) is 0. The van der Waals surface area contributed by atoms with Gasteiger partial charge in [-0.1, -0.05) is 26.7 Å². The van der Waals surface area contributed by atoms with Gasteiger partial charge < -0.3 is 4.98 Å². The molecule has 2 aromatic rings. The molecule has 0 aromatic carbocycles. The molecule has 2 aromatic heterocycles. The molecule has 0 fully saturated rings. The van der Waals surface area contributed by atoms with Gasteiger partial charge in [-0.15, -0.1) is 6.92 Å². The zero-order chi connectivity index (χ0) is 12.8. The predicted octanol–water partition coefficient (Wildman–Crippen LogP) is 4.78. The van der Waals surface area contributed by atoms with Gasteiger partial charge in [0, 0.05) is 44.6 Å². The summed E-state index contributed by atoms with van der Waals surface area (Å²) in [4.78, 5) is 8.16. The molecule has 0 atom stereocenters. The fourth-order valence-electron chi connectivity index (χ4n) is 1.26. The van der Waals surface area contributed by atoms with Gasteiger partial charge in [-0.2, -0.15) is 5.56 Å². The average molecular weight is 348 g/mol. The van der Waals surface area contributed by atoms with Crippen LogP contribution in [0.3, 0.4) is 0 Å². The number of aromatic nitrogens is 2. The SMILES string of the molecule is C.C.Cc1c[c-]c(C)nc1.Cc1cc(C)c(C)cn1.[Y]. The van der Waals surface area contributed by atoms with Crippen molar-refractivity contribution >= 4 is 0 Å². The molecule has 0 aliphatic rings. The molecule has 2 rings (SSSR count). The van der Waals surface area contributed by atoms with E-state index in [4.69, 9.17) is 0 Å². The van der Waals surface area contributed by atoms with Crippen LogP contribution in [0.1, 0.15) is 42.9 Å². The second kappa shape index (κ2) is 12.2. The van der Waals surface area contributed by atoms with Gasteiger partial charge in [-0.05, 0) is 44.9 Å². The summed E-state index contributed by atoms with van der Waals surface area (Å²) in [6, 6.07) is 7.01. The van der Waals surface area contributed by atoms with Crippen molar-refractivity contribution in [2.45, 2.75) is 49.5 Å². The summed E-state index contributed by atoms with van der Waals surface area (Å²) < 4.78 is 0. The summed E-state index contributed by atoms with van der Waals surface area (Å²) >= 11 is 0. The van der Waals surface area contributed by atoms with Crippen molar-refractivity contribution in [3.63, 3.8) is 0 Å². The number of hydrogen-bond acceptors (Lipinski definition) is 2. The maximum atomic E-state index is 4.14. The monoisotopic (exact) mass is 348 g/mol. The molecule has 0 aliphatic heterocycles. The normalized spacial score (nSPS) is 8.05. The van der Waals surface area contributed by atoms with E-state index >= 15 is 0 Å². The Kier molecular flexibility index (Phi) is 14.9. The Bertz CT molecular complexity index is 458. The van der Waals surface area contributed by atoms with Gasteiger partial charge in [0.05, 0.1) is 0 Å². The maximum absolute atomic E-state index is 4.14. The van der Waals surface area contributed by atoms with Crippen LogP contribution in [-0.2, 0) is 32.7 Å². The minimum absolute atomic E-state index is 0. The number of hydrogen-bond donors (Lipinski definition) is 0. The van der Waals surface area contributed by atoms with Crippen molar-refractivity contribution in [2.75, 3.05) is 0 Å². The van der Waals surface area contributed by atoms with E-state index in [9.17, 15) is 0 Å². The van der Waals surface area contributed by atoms with Crippen molar-refractivity contribution in [2.24, 2.45) is 0 Å². The van der Waals surface area contributed by atoms with E-state index in [1.54, 1.807) is 0 Å². The van der Waals surface area contributed by atoms with Gasteiger partial charge >= 0.3 is 0 Å². The van der Waals surface area contributed by atoms with Crippen LogP contribution in [0.5, 0.6) is 0 Å². The molecular formula is C17H27N2Y-. The maximum Gasteiger partial charge on any atom is 0.0375 e. The Morgan fingerprint density at radius 1 is 0.850 bits per heavy atom. The molecule has 0 amide bonds. The van der Waals surface area contributed by atoms with E-state index < -0.39 is 0 Å². The fourth-order valence-corrected chi connectivity index (χ4v) is 1.26. The molecular weight excluding hydrogens is 321 g/mol. The van der Waals surface area contributed by atoms with Crippen molar-refractivity contribution in [3.8, 4) is 0 Å². The van der Waals surface area contributed by atoms with E-state index in [-0.39, 0.29) is 47.6 Å². The van der Waals surface area contributed by atoms with Crippen molar-refractivity contribution in [1.82, 2.24) is 9.97 Å². The van der Waals surface area contributed by atoms with Crippen LogP contribution in [-0.4, -0.2) is 9.97 Å². The molecule has 1 radical (unpaired) electrons. The summed E-state index contributed by atoms with van der Waals surface area (Å²) in [5, 5.41) is 0. The van der Waals surface area contributed by atoms with Gasteiger partial charge in [-0.3, -0.25) is 4.98 Å². The van der Waals surface area contributed by atoms with E-state index in [2.05, 4.69) is 35.9 Å². The second-order valence-electron chi connectivity index (χ2n) is 4.29. The van der Waals surface area contributed by atoms with Gasteiger partial charge in [0.2, 0.25) is 0 Å². The van der Waals surface area contributed by atoms with Crippen LogP contribution in [0.15, 0.2) is 24.5 Å². The van der Waals surface area contributed by atoms with E-state index in [0.29, 0.717) is 0 Å². The molecule has 0 aliphatic carbocycles. The summed E-state index contributed by atoms with van der Waals surface area (Å²) in [5.74, 6) is 0. The third-order valence-corrected chi connectivity index (χ3v) is 2.48. The molecule has 0 spiro atoms. The first-order chi connectivity index (χ1) is 7.99. The zero-order valence-corrected chi connectivity index (χ0v) is 14.6. The average Bonchev–Trinajstić information content (AvgIpc) is 2.29. The first-order valence-corrected chi connectivity index (χ1v) is 5.70. The molecule has 109 valence electrons. The minimum atomic E-state index is 0. The van der Waals surface area contributed by atoms with Gasteiger partial charge in [-0.25, -0.2) is 12.1 Å². The van der Waals surface area contributed by atoms with Crippen LogP contribution in [0.2, 0.25) is 0 Å². The zero-order valence-electron chi connectivity index (χ0n) is 11.8. The number of rotatable bonds is 0. The van der Waals surface area contributed by atoms with Gasteiger partial charge in [0.1, 0.15) is 0 Å². The Hall–Kier alpha value is -0.596. The first kappa shape index (κ1) is 24.4. The minimum Gasteiger partial charge on any atom is -0.301 e. The molecule has 0 bridgehead atoms. The largest absolute Gasteiger partial charge is 0.301 e. The smallest absolute Gasteiger partial charge is 0.0375 e. The summed E-state index contributed by atoms with van der Waals surface area (Å²) in [6.45, 7) is 10.1. The standard InChI is InChI=1S/C8H11N.C7H8N.2CH4.Y/c1-6-4-8(3)9-5-7(6)2;1-6-3-4-7(2)8-5-6;;;/h4-5H,1-3H3;3,5H,1-2H3;2*1H4;/q;-1;;;. The summed E-state index contributed by atoms with van der Waals surface area (Å²) in [6.07, 6.45) is 3.75. The number of pyridine rings is 2. The van der Waals surface area contributed by atoms with Crippen molar-refractivity contribution in [1.29, 1.82) is 0 Å². The van der Waals surface area contributed by atoms with E-state index in [1.807, 2.05) is 39.2 Å². The third-order valence-electron chi connectivity index (χ3n) is 2.48. The van der Waals surface area contributed by atoms with Crippen molar-refractivity contribution in [3.05, 3.63) is 58.7 Å². The first-order valence-electron chi connectivity index (χ1n) is 5.70. The fraction of sp³-hybridized carbons (Fsp3) is 0.412. The van der Waals surface area contributed by atoms with Crippen LogP contribution in [0.4, 0.5) is 0 Å². The van der Waals surface area contributed by atoms with E-state index in [0.717, 1.165) is 17.0 Å². The van der Waals surface area contributed by atoms with Crippen LogP contribution >= 0.6 is 0 Å². The molecule has 0 saturated heterocycles. The summed E-state index contributed by atoms with van der Waals surface area (Å²) in [5.41, 5.74) is 5.80. The molecule has 3 heteroatoms. The van der Waals surface area contributed by atoms with Crippen LogP contribution < -0.4 is 0 Å². The predicted molar refractivity (Wildman–Crippen MR) is 84.5 cm³/mol. The van der Waals surface area contributed by atoms with Gasteiger partial charge in [0.15, 0.2) is 0 Å². The van der Waals surface area contributed by atoms with E-state index in [1.165, 1.54) is 11.1 Å². The molecule has 0 N–H and O–H groups in total. The quantitative estimate of drug-likeness (QED) is 0.641. The Morgan fingerprint density at radius 3 is 1.80 bits per heavy atom. The van der Waals surface area contributed by atoms with Crippen LogP contribution in [0.25, 0.3) is 0 Å². The number of aryl methyl sites for hydroxylation is 5. The number of nitrogens with zero attached hydrogens (tertiary/aromatic N) is 2. The molecule has 2 heterocycles. The Labute approximate surface area is 150 Å². The van der Waals surface area contributed by atoms with Crippen molar-refractivity contribution < 1.29 is 32.7 Å². The molecule has 0 unspecified atom stereocenters. The second-order valence-corrected chi connectivity index (χ2v) is 4.29. The molecule has 20 heavy (non-hydrogen) atoms.